The molecule has 1 aromatic heterocycles. The molecule has 4 heteroatoms. The van der Waals surface area contributed by atoms with Gasteiger partial charge in [-0.3, -0.25) is 9.78 Å². The van der Waals surface area contributed by atoms with E-state index in [2.05, 4.69) is 43.3 Å². The molecule has 0 bridgehead atoms. The number of amides is 1. The van der Waals surface area contributed by atoms with E-state index in [9.17, 15) is 4.79 Å². The fourth-order valence-corrected chi connectivity index (χ4v) is 1.76. The van der Waals surface area contributed by atoms with E-state index >= 15 is 0 Å². The fraction of sp³-hybridized carbons (Fsp3) is 0.600. The smallest absolute Gasteiger partial charge is 0.255 e. The normalized spacial score (nSPS) is 11.2. The van der Waals surface area contributed by atoms with E-state index in [0.29, 0.717) is 5.56 Å². The van der Waals surface area contributed by atoms with Crippen molar-refractivity contribution in [1.29, 1.82) is 0 Å². The van der Waals surface area contributed by atoms with Crippen molar-refractivity contribution in [2.24, 2.45) is 0 Å². The van der Waals surface area contributed by atoms with Crippen LogP contribution in [0.3, 0.4) is 0 Å². The Hall–Kier alpha value is -1.58. The van der Waals surface area contributed by atoms with Crippen LogP contribution in [0.25, 0.3) is 0 Å². The third-order valence-corrected chi connectivity index (χ3v) is 3.61. The van der Waals surface area contributed by atoms with Crippen LogP contribution in [0.4, 0.5) is 5.69 Å². The van der Waals surface area contributed by atoms with Gasteiger partial charge in [0.2, 0.25) is 0 Å². The Morgan fingerprint density at radius 1 is 1.32 bits per heavy atom. The summed E-state index contributed by atoms with van der Waals surface area (Å²) in [6.45, 7) is 9.19. The Bertz CT molecular complexity index is 414. The highest BCUT2D eigenvalue weighted by molar-refractivity contribution is 5.99. The maximum atomic E-state index is 12.4. The van der Waals surface area contributed by atoms with Crippen LogP contribution in [0, 0.1) is 0 Å². The van der Waals surface area contributed by atoms with E-state index in [1.807, 2.05) is 6.07 Å². The molecule has 0 radical (unpaired) electrons. The summed E-state index contributed by atoms with van der Waals surface area (Å²) in [4.78, 5) is 16.4. The SMILES string of the molecule is CCCNc1ccncc1C(=O)NC(C)(CC)CC. The van der Waals surface area contributed by atoms with Gasteiger partial charge in [-0.1, -0.05) is 20.8 Å². The van der Waals surface area contributed by atoms with E-state index in [0.717, 1.165) is 31.5 Å². The molecule has 2 N–H and O–H groups in total. The van der Waals surface area contributed by atoms with Crippen molar-refractivity contribution in [3.05, 3.63) is 24.0 Å². The van der Waals surface area contributed by atoms with E-state index in [1.54, 1.807) is 12.4 Å². The molecule has 106 valence electrons. The molecule has 0 aliphatic rings. The van der Waals surface area contributed by atoms with Crippen LogP contribution in [0.5, 0.6) is 0 Å². The largest absolute Gasteiger partial charge is 0.384 e. The molecule has 0 fully saturated rings. The van der Waals surface area contributed by atoms with E-state index in [4.69, 9.17) is 0 Å². The van der Waals surface area contributed by atoms with Crippen LogP contribution in [0.2, 0.25) is 0 Å². The zero-order valence-electron chi connectivity index (χ0n) is 12.4. The number of hydrogen-bond acceptors (Lipinski definition) is 3. The Kier molecular flexibility index (Phi) is 5.80. The van der Waals surface area contributed by atoms with Crippen LogP contribution in [-0.4, -0.2) is 23.0 Å². The molecule has 0 saturated heterocycles. The predicted molar refractivity (Wildman–Crippen MR) is 79.5 cm³/mol. The standard InChI is InChI=1S/C15H25N3O/c1-5-9-17-13-8-10-16-11-12(13)14(19)18-15(4,6-2)7-3/h8,10-11H,5-7,9H2,1-4H3,(H,16,17)(H,18,19). The Labute approximate surface area is 116 Å². The summed E-state index contributed by atoms with van der Waals surface area (Å²) in [6.07, 6.45) is 6.16. The van der Waals surface area contributed by atoms with Gasteiger partial charge < -0.3 is 10.6 Å². The van der Waals surface area contributed by atoms with Crippen molar-refractivity contribution >= 4 is 11.6 Å². The van der Waals surface area contributed by atoms with Crippen molar-refractivity contribution in [3.63, 3.8) is 0 Å². The first kappa shape index (κ1) is 15.5. The number of anilines is 1. The molecule has 4 nitrogen and oxygen atoms in total. The van der Waals surface area contributed by atoms with Crippen LogP contribution in [0.15, 0.2) is 18.5 Å². The number of hydrogen-bond donors (Lipinski definition) is 2. The first-order valence-corrected chi connectivity index (χ1v) is 7.06. The zero-order valence-corrected chi connectivity index (χ0v) is 12.4. The maximum absolute atomic E-state index is 12.4. The number of nitrogens with one attached hydrogen (secondary N) is 2. The second-order valence-corrected chi connectivity index (χ2v) is 5.07. The van der Waals surface area contributed by atoms with E-state index in [-0.39, 0.29) is 11.4 Å². The van der Waals surface area contributed by atoms with E-state index in [1.165, 1.54) is 0 Å². The summed E-state index contributed by atoms with van der Waals surface area (Å²) in [7, 11) is 0. The molecule has 0 saturated carbocycles. The highest BCUT2D eigenvalue weighted by Gasteiger charge is 2.23. The summed E-state index contributed by atoms with van der Waals surface area (Å²) >= 11 is 0. The van der Waals surface area contributed by atoms with Gasteiger partial charge >= 0.3 is 0 Å². The third-order valence-electron chi connectivity index (χ3n) is 3.61. The van der Waals surface area contributed by atoms with Gasteiger partial charge in [-0.25, -0.2) is 0 Å². The average Bonchev–Trinajstić information content (AvgIpc) is 2.45. The van der Waals surface area contributed by atoms with Gasteiger partial charge in [0.1, 0.15) is 0 Å². The summed E-state index contributed by atoms with van der Waals surface area (Å²) in [5.41, 5.74) is 1.31. The number of aromatic nitrogens is 1. The van der Waals surface area contributed by atoms with Crippen molar-refractivity contribution in [1.82, 2.24) is 10.3 Å². The van der Waals surface area contributed by atoms with Crippen LogP contribution >= 0.6 is 0 Å². The van der Waals surface area contributed by atoms with Crippen molar-refractivity contribution in [3.8, 4) is 0 Å². The molecule has 0 atom stereocenters. The number of carbonyl (C=O) groups excluding carboxylic acids is 1. The summed E-state index contributed by atoms with van der Waals surface area (Å²) in [6, 6.07) is 1.85. The lowest BCUT2D eigenvalue weighted by molar-refractivity contribution is 0.0901. The predicted octanol–water partition coefficient (Wildman–Crippen LogP) is 3.21. The summed E-state index contributed by atoms with van der Waals surface area (Å²) < 4.78 is 0. The third kappa shape index (κ3) is 4.23. The van der Waals surface area contributed by atoms with Gasteiger partial charge in [0.05, 0.1) is 11.3 Å². The lowest BCUT2D eigenvalue weighted by Crippen LogP contribution is -2.45. The second kappa shape index (κ2) is 7.12. The molecule has 0 spiro atoms. The van der Waals surface area contributed by atoms with Gasteiger partial charge in [-0.2, -0.15) is 0 Å². The highest BCUT2D eigenvalue weighted by Crippen LogP contribution is 2.18. The molecule has 19 heavy (non-hydrogen) atoms. The van der Waals surface area contributed by atoms with Crippen molar-refractivity contribution < 1.29 is 4.79 Å². The van der Waals surface area contributed by atoms with Gasteiger partial charge in [0.25, 0.3) is 5.91 Å². The van der Waals surface area contributed by atoms with Gasteiger partial charge in [0.15, 0.2) is 0 Å². The molecular weight excluding hydrogens is 238 g/mol. The quantitative estimate of drug-likeness (QED) is 0.794. The molecular formula is C15H25N3O. The van der Waals surface area contributed by atoms with E-state index < -0.39 is 0 Å². The van der Waals surface area contributed by atoms with Crippen LogP contribution in [-0.2, 0) is 0 Å². The minimum absolute atomic E-state index is 0.0575. The topological polar surface area (TPSA) is 54.0 Å². The molecule has 1 amide bonds. The molecule has 1 aromatic rings. The molecule has 1 rings (SSSR count). The van der Waals surface area contributed by atoms with Gasteiger partial charge in [-0.05, 0) is 32.3 Å². The molecule has 0 aliphatic heterocycles. The monoisotopic (exact) mass is 263 g/mol. The van der Waals surface area contributed by atoms with Crippen LogP contribution in [0.1, 0.15) is 57.3 Å². The van der Waals surface area contributed by atoms with Crippen LogP contribution < -0.4 is 10.6 Å². The minimum Gasteiger partial charge on any atom is -0.384 e. The van der Waals surface area contributed by atoms with Crippen molar-refractivity contribution in [2.45, 2.75) is 52.5 Å². The highest BCUT2D eigenvalue weighted by atomic mass is 16.1. The Balaban J connectivity index is 2.87. The first-order valence-electron chi connectivity index (χ1n) is 7.06. The zero-order chi connectivity index (χ0) is 14.3. The van der Waals surface area contributed by atoms with Gasteiger partial charge in [0, 0.05) is 24.5 Å². The summed E-state index contributed by atoms with van der Waals surface area (Å²) in [5, 5.41) is 6.37. The maximum Gasteiger partial charge on any atom is 0.255 e. The van der Waals surface area contributed by atoms with Gasteiger partial charge in [-0.15, -0.1) is 0 Å². The molecule has 0 aliphatic carbocycles. The average molecular weight is 263 g/mol. The number of nitrogens with zero attached hydrogens (tertiary/aromatic N) is 1. The van der Waals surface area contributed by atoms with Crippen molar-refractivity contribution in [2.75, 3.05) is 11.9 Å². The number of carbonyl (C=O) groups is 1. The number of pyridine rings is 1. The number of rotatable bonds is 7. The lowest BCUT2D eigenvalue weighted by Gasteiger charge is -2.28. The molecule has 0 aromatic carbocycles. The second-order valence-electron chi connectivity index (χ2n) is 5.07. The molecule has 0 unspecified atom stereocenters. The molecule has 1 heterocycles. The minimum atomic E-state index is -0.158. The fourth-order valence-electron chi connectivity index (χ4n) is 1.76. The lowest BCUT2D eigenvalue weighted by atomic mass is 9.95. The first-order chi connectivity index (χ1) is 9.06. The Morgan fingerprint density at radius 3 is 2.58 bits per heavy atom. The summed E-state index contributed by atoms with van der Waals surface area (Å²) in [5.74, 6) is -0.0575. The Morgan fingerprint density at radius 2 is 2.00 bits per heavy atom.